The normalized spacial score (nSPS) is 12.0. The second kappa shape index (κ2) is 6.01. The maximum absolute atomic E-state index is 13.1. The highest BCUT2D eigenvalue weighted by molar-refractivity contribution is 9.10. The molecule has 7 heteroatoms. The van der Waals surface area contributed by atoms with Gasteiger partial charge in [0.15, 0.2) is 0 Å². The van der Waals surface area contributed by atoms with Crippen molar-refractivity contribution < 1.29 is 13.2 Å². The third-order valence-electron chi connectivity index (χ3n) is 3.07. The maximum Gasteiger partial charge on any atom is 0.433 e. The van der Waals surface area contributed by atoms with Gasteiger partial charge in [0.05, 0.1) is 10.5 Å². The Morgan fingerprint density at radius 3 is 2.57 bits per heavy atom. The van der Waals surface area contributed by atoms with E-state index in [0.717, 1.165) is 6.42 Å². The van der Waals surface area contributed by atoms with Gasteiger partial charge in [0.2, 0.25) is 0 Å². The van der Waals surface area contributed by atoms with E-state index in [9.17, 15) is 13.2 Å². The lowest BCUT2D eigenvalue weighted by Gasteiger charge is -2.18. The highest BCUT2D eigenvalue weighted by atomic mass is 79.9. The van der Waals surface area contributed by atoms with Crippen LogP contribution in [0.4, 0.5) is 18.9 Å². The Hall–Kier alpha value is -1.01. The van der Waals surface area contributed by atoms with E-state index in [0.29, 0.717) is 22.1 Å². The molecule has 21 heavy (non-hydrogen) atoms. The molecule has 0 bridgehead atoms. The molecule has 0 aliphatic heterocycles. The number of rotatable bonds is 3. The summed E-state index contributed by atoms with van der Waals surface area (Å²) in [6, 6.07) is 3.26. The van der Waals surface area contributed by atoms with Crippen molar-refractivity contribution in [2.45, 2.75) is 26.4 Å². The molecule has 2 rings (SSSR count). The predicted molar refractivity (Wildman–Crippen MR) is 83.0 cm³/mol. The van der Waals surface area contributed by atoms with E-state index in [-0.39, 0.29) is 16.1 Å². The summed E-state index contributed by atoms with van der Waals surface area (Å²) >= 11 is 9.36. The number of hydrogen-bond donors (Lipinski definition) is 1. The van der Waals surface area contributed by atoms with Crippen LogP contribution < -0.4 is 5.32 Å². The molecule has 114 valence electrons. The van der Waals surface area contributed by atoms with E-state index in [1.807, 2.05) is 6.92 Å². The summed E-state index contributed by atoms with van der Waals surface area (Å²) in [6.07, 6.45) is -3.72. The van der Waals surface area contributed by atoms with Crippen molar-refractivity contribution in [2.24, 2.45) is 0 Å². The topological polar surface area (TPSA) is 24.9 Å². The summed E-state index contributed by atoms with van der Waals surface area (Å²) in [5.41, 5.74) is -0.246. The average molecular weight is 382 g/mol. The van der Waals surface area contributed by atoms with Crippen LogP contribution in [-0.4, -0.2) is 11.5 Å². The van der Waals surface area contributed by atoms with Crippen LogP contribution in [0.5, 0.6) is 0 Å². The lowest BCUT2D eigenvalue weighted by molar-refractivity contribution is -0.141. The molecule has 0 spiro atoms. The molecule has 0 saturated heterocycles. The molecule has 1 N–H and O–H groups in total. The molecular formula is C14H13BrClF3N2. The van der Waals surface area contributed by atoms with Gasteiger partial charge in [0.25, 0.3) is 0 Å². The molecule has 0 saturated carbocycles. The van der Waals surface area contributed by atoms with E-state index in [2.05, 4.69) is 26.2 Å². The Balaban J connectivity index is 2.83. The van der Waals surface area contributed by atoms with Crippen LogP contribution in [0.2, 0.25) is 5.02 Å². The summed E-state index contributed by atoms with van der Waals surface area (Å²) < 4.78 is 40.1. The van der Waals surface area contributed by atoms with Gasteiger partial charge in [-0.2, -0.15) is 13.2 Å². The molecule has 0 amide bonds. The van der Waals surface area contributed by atoms with Crippen molar-refractivity contribution in [1.82, 2.24) is 4.98 Å². The summed E-state index contributed by atoms with van der Waals surface area (Å²) in [5.74, 6) is 0. The molecule has 0 fully saturated rings. The van der Waals surface area contributed by atoms with Crippen molar-refractivity contribution in [1.29, 1.82) is 0 Å². The molecule has 0 aliphatic rings. The predicted octanol–water partition coefficient (Wildman–Crippen LogP) is 5.80. The Labute approximate surface area is 133 Å². The number of fused-ring (bicyclic) bond motifs is 1. The number of hydrogen-bond acceptors (Lipinski definition) is 2. The second-order valence-corrected chi connectivity index (χ2v) is 5.99. The zero-order valence-corrected chi connectivity index (χ0v) is 13.7. The van der Waals surface area contributed by atoms with Crippen LogP contribution in [-0.2, 0) is 6.18 Å². The van der Waals surface area contributed by atoms with Gasteiger partial charge in [-0.15, -0.1) is 0 Å². The van der Waals surface area contributed by atoms with Crippen LogP contribution in [0.25, 0.3) is 10.9 Å². The zero-order valence-electron chi connectivity index (χ0n) is 11.4. The Morgan fingerprint density at radius 1 is 1.33 bits per heavy atom. The largest absolute Gasteiger partial charge is 0.433 e. The van der Waals surface area contributed by atoms with E-state index >= 15 is 0 Å². The Morgan fingerprint density at radius 2 is 2.00 bits per heavy atom. The molecule has 0 aliphatic carbocycles. The molecule has 2 nitrogen and oxygen atoms in total. The van der Waals surface area contributed by atoms with Gasteiger partial charge < -0.3 is 5.32 Å². The zero-order chi connectivity index (χ0) is 15.8. The molecule has 1 aromatic heterocycles. The van der Waals surface area contributed by atoms with E-state index in [4.69, 9.17) is 11.6 Å². The van der Waals surface area contributed by atoms with Crippen molar-refractivity contribution in [3.63, 3.8) is 0 Å². The first-order valence-electron chi connectivity index (χ1n) is 6.36. The first kappa shape index (κ1) is 16.4. The van der Waals surface area contributed by atoms with Gasteiger partial charge >= 0.3 is 6.18 Å². The Bertz CT molecular complexity index is 686. The fourth-order valence-electron chi connectivity index (χ4n) is 2.14. The number of halogens is 5. The fraction of sp³-hybridized carbons (Fsp3) is 0.357. The van der Waals surface area contributed by atoms with Crippen LogP contribution in [0, 0.1) is 6.92 Å². The van der Waals surface area contributed by atoms with Crippen LogP contribution in [0.3, 0.4) is 0 Å². The highest BCUT2D eigenvalue weighted by Gasteiger charge is 2.36. The lowest BCUT2D eigenvalue weighted by atomic mass is 10.1. The smallest absolute Gasteiger partial charge is 0.384 e. The van der Waals surface area contributed by atoms with E-state index in [1.165, 1.54) is 13.0 Å². The van der Waals surface area contributed by atoms with Crippen LogP contribution >= 0.6 is 27.5 Å². The third-order valence-corrected chi connectivity index (χ3v) is 3.82. The highest BCUT2D eigenvalue weighted by Crippen LogP contribution is 2.39. The number of pyridine rings is 1. The van der Waals surface area contributed by atoms with E-state index in [1.54, 1.807) is 6.07 Å². The van der Waals surface area contributed by atoms with Gasteiger partial charge in [0, 0.05) is 27.7 Å². The summed E-state index contributed by atoms with van der Waals surface area (Å²) in [7, 11) is 0. The van der Waals surface area contributed by atoms with Crippen molar-refractivity contribution in [3.05, 3.63) is 32.9 Å². The summed E-state index contributed by atoms with van der Waals surface area (Å²) in [6.45, 7) is 3.93. The Kier molecular flexibility index (Phi) is 4.68. The number of aromatic nitrogens is 1. The van der Waals surface area contributed by atoms with Crippen LogP contribution in [0.1, 0.15) is 24.6 Å². The minimum atomic E-state index is -4.52. The van der Waals surface area contributed by atoms with Gasteiger partial charge in [-0.3, -0.25) is 0 Å². The number of nitrogens with zero attached hydrogens (tertiary/aromatic N) is 1. The van der Waals surface area contributed by atoms with Crippen molar-refractivity contribution >= 4 is 44.1 Å². The minimum absolute atomic E-state index is 0.0811. The minimum Gasteiger partial charge on any atom is -0.384 e. The number of anilines is 1. The second-order valence-electron chi connectivity index (χ2n) is 4.67. The molecule has 1 heterocycles. The number of benzene rings is 1. The van der Waals surface area contributed by atoms with Crippen molar-refractivity contribution in [2.75, 3.05) is 11.9 Å². The quantitative estimate of drug-likeness (QED) is 0.727. The fourth-order valence-corrected chi connectivity index (χ4v) is 2.99. The first-order valence-corrected chi connectivity index (χ1v) is 7.53. The summed E-state index contributed by atoms with van der Waals surface area (Å²) in [4.78, 5) is 3.74. The SMILES string of the molecule is CCCNc1c(C)c(C(F)(F)F)nc2c(Cl)cc(Br)cc12. The number of alkyl halides is 3. The number of nitrogens with one attached hydrogen (secondary N) is 1. The molecule has 2 aromatic rings. The third kappa shape index (κ3) is 3.26. The van der Waals surface area contributed by atoms with Crippen molar-refractivity contribution in [3.8, 4) is 0 Å². The van der Waals surface area contributed by atoms with Gasteiger partial charge in [-0.25, -0.2) is 4.98 Å². The maximum atomic E-state index is 13.1. The standard InChI is InChI=1S/C14H13BrClF3N2/c1-3-4-20-11-7(2)13(14(17,18)19)21-12-9(11)5-8(15)6-10(12)16/h5-6H,3-4H2,1-2H3,(H,20,21). The molecule has 0 radical (unpaired) electrons. The van der Waals surface area contributed by atoms with Gasteiger partial charge in [-0.05, 0) is 25.5 Å². The average Bonchev–Trinajstić information content (AvgIpc) is 2.35. The molecule has 1 aromatic carbocycles. The molecule has 0 atom stereocenters. The van der Waals surface area contributed by atoms with Gasteiger partial charge in [0.1, 0.15) is 5.69 Å². The van der Waals surface area contributed by atoms with E-state index < -0.39 is 11.9 Å². The molecule has 0 unspecified atom stereocenters. The van der Waals surface area contributed by atoms with Crippen LogP contribution in [0.15, 0.2) is 16.6 Å². The monoisotopic (exact) mass is 380 g/mol. The molecular weight excluding hydrogens is 369 g/mol. The summed E-state index contributed by atoms with van der Waals surface area (Å²) in [5, 5.41) is 3.81. The first-order chi connectivity index (χ1) is 9.75. The van der Waals surface area contributed by atoms with Gasteiger partial charge in [-0.1, -0.05) is 34.5 Å². The lowest BCUT2D eigenvalue weighted by Crippen LogP contribution is -2.14.